The molecule has 1 heteroatoms. The molecule has 0 amide bonds. The maximum Gasteiger partial charge on any atom is 0.120 e. The van der Waals surface area contributed by atoms with Gasteiger partial charge in [0, 0.05) is 0 Å². The minimum atomic E-state index is 0.881. The van der Waals surface area contributed by atoms with E-state index in [9.17, 15) is 4.79 Å². The maximum atomic E-state index is 9.82. The highest BCUT2D eigenvalue weighted by Crippen LogP contribution is 2.02. The number of unbranched alkanes of at least 4 members (excludes halogenated alkanes) is 5. The Morgan fingerprint density at radius 2 is 1.62 bits per heavy atom. The summed E-state index contributed by atoms with van der Waals surface area (Å²) in [5.74, 6) is 1.79. The molecule has 0 heterocycles. The van der Waals surface area contributed by atoms with E-state index in [-0.39, 0.29) is 0 Å². The van der Waals surface area contributed by atoms with Crippen LogP contribution in [0.25, 0.3) is 0 Å². The SMILES string of the molecule is CCCCC=CCCCCC=C=O. The Hall–Kier alpha value is -0.810. The zero-order chi connectivity index (χ0) is 9.78. The lowest BCUT2D eigenvalue weighted by molar-refractivity contribution is 0.567. The van der Waals surface area contributed by atoms with E-state index >= 15 is 0 Å². The molecule has 0 N–H and O–H groups in total. The largest absolute Gasteiger partial charge is 0.234 e. The second kappa shape index (κ2) is 11.2. The summed E-state index contributed by atoms with van der Waals surface area (Å²) in [5, 5.41) is 0. The van der Waals surface area contributed by atoms with Crippen LogP contribution in [-0.2, 0) is 4.79 Å². The predicted molar refractivity (Wildman–Crippen MR) is 57.4 cm³/mol. The first-order valence-electron chi connectivity index (χ1n) is 5.26. The molecule has 13 heavy (non-hydrogen) atoms. The van der Waals surface area contributed by atoms with Crippen LogP contribution in [0.4, 0.5) is 0 Å². The van der Waals surface area contributed by atoms with Crippen molar-refractivity contribution in [3.8, 4) is 0 Å². The standard InChI is InChI=1S/C12H20O/c1-2-3-4-5-6-7-8-9-10-11-12-13/h5-6,11H,2-4,7-10H2,1H3. The Balaban J connectivity index is 3.06. The van der Waals surface area contributed by atoms with Crippen LogP contribution in [-0.4, -0.2) is 5.94 Å². The van der Waals surface area contributed by atoms with Crippen LogP contribution in [0.2, 0.25) is 0 Å². The average Bonchev–Trinajstić information content (AvgIpc) is 2.16. The predicted octanol–water partition coefficient (Wildman–Crippen LogP) is 3.68. The zero-order valence-electron chi connectivity index (χ0n) is 8.59. The Kier molecular flexibility index (Phi) is 10.5. The highest BCUT2D eigenvalue weighted by Gasteiger charge is 1.83. The molecule has 0 unspecified atom stereocenters. The van der Waals surface area contributed by atoms with E-state index in [4.69, 9.17) is 0 Å². The molecule has 0 saturated carbocycles. The molecule has 0 aliphatic heterocycles. The first kappa shape index (κ1) is 12.2. The molecular formula is C12H20O. The van der Waals surface area contributed by atoms with Gasteiger partial charge in [-0.25, -0.2) is 4.79 Å². The average molecular weight is 180 g/mol. The van der Waals surface area contributed by atoms with Crippen LogP contribution in [0.15, 0.2) is 18.2 Å². The van der Waals surface area contributed by atoms with Gasteiger partial charge in [-0.05, 0) is 38.2 Å². The van der Waals surface area contributed by atoms with Crippen LogP contribution in [0.5, 0.6) is 0 Å². The summed E-state index contributed by atoms with van der Waals surface area (Å²) in [7, 11) is 0. The first-order chi connectivity index (χ1) is 6.41. The number of carbonyl (C=O) groups excluding carboxylic acids is 1. The molecule has 74 valence electrons. The number of rotatable bonds is 8. The molecule has 0 bridgehead atoms. The Morgan fingerprint density at radius 1 is 1.00 bits per heavy atom. The molecule has 0 aliphatic rings. The quantitative estimate of drug-likeness (QED) is 0.316. The van der Waals surface area contributed by atoms with E-state index in [1.54, 1.807) is 12.0 Å². The van der Waals surface area contributed by atoms with E-state index in [1.807, 2.05) is 0 Å². The van der Waals surface area contributed by atoms with Crippen molar-refractivity contribution < 1.29 is 4.79 Å². The van der Waals surface area contributed by atoms with Gasteiger partial charge < -0.3 is 0 Å². The smallest absolute Gasteiger partial charge is 0.120 e. The van der Waals surface area contributed by atoms with E-state index < -0.39 is 0 Å². The van der Waals surface area contributed by atoms with Crippen molar-refractivity contribution in [3.63, 3.8) is 0 Å². The van der Waals surface area contributed by atoms with Crippen molar-refractivity contribution >= 4 is 5.94 Å². The molecule has 0 fully saturated rings. The van der Waals surface area contributed by atoms with Crippen LogP contribution in [0.1, 0.15) is 51.9 Å². The molecule has 0 saturated heterocycles. The molecular weight excluding hydrogens is 160 g/mol. The van der Waals surface area contributed by atoms with Gasteiger partial charge in [0.15, 0.2) is 0 Å². The van der Waals surface area contributed by atoms with Crippen molar-refractivity contribution in [1.29, 1.82) is 0 Å². The highest BCUT2D eigenvalue weighted by atomic mass is 16.1. The van der Waals surface area contributed by atoms with Crippen molar-refractivity contribution in [3.05, 3.63) is 18.2 Å². The van der Waals surface area contributed by atoms with Gasteiger partial charge in [-0.1, -0.05) is 31.9 Å². The van der Waals surface area contributed by atoms with Crippen molar-refractivity contribution in [2.24, 2.45) is 0 Å². The van der Waals surface area contributed by atoms with Gasteiger partial charge in [-0.15, -0.1) is 0 Å². The Bertz CT molecular complexity index is 164. The van der Waals surface area contributed by atoms with Crippen molar-refractivity contribution in [2.45, 2.75) is 51.9 Å². The molecule has 0 radical (unpaired) electrons. The summed E-state index contributed by atoms with van der Waals surface area (Å²) in [6.45, 7) is 2.21. The van der Waals surface area contributed by atoms with Crippen LogP contribution < -0.4 is 0 Å². The third-order valence-corrected chi connectivity index (χ3v) is 1.94. The van der Waals surface area contributed by atoms with E-state index in [0.717, 1.165) is 19.3 Å². The second-order valence-corrected chi connectivity index (χ2v) is 3.22. The van der Waals surface area contributed by atoms with Crippen molar-refractivity contribution in [2.75, 3.05) is 0 Å². The summed E-state index contributed by atoms with van der Waals surface area (Å²) in [5.41, 5.74) is 0. The molecule has 0 spiro atoms. The zero-order valence-corrected chi connectivity index (χ0v) is 8.59. The van der Waals surface area contributed by atoms with Crippen LogP contribution in [0, 0.1) is 0 Å². The summed E-state index contributed by atoms with van der Waals surface area (Å²) in [6, 6.07) is 0. The summed E-state index contributed by atoms with van der Waals surface area (Å²) < 4.78 is 0. The fourth-order valence-corrected chi connectivity index (χ4v) is 1.13. The summed E-state index contributed by atoms with van der Waals surface area (Å²) >= 11 is 0. The van der Waals surface area contributed by atoms with Gasteiger partial charge in [-0.2, -0.15) is 0 Å². The van der Waals surface area contributed by atoms with E-state index in [0.29, 0.717) is 0 Å². The second-order valence-electron chi connectivity index (χ2n) is 3.22. The van der Waals surface area contributed by atoms with E-state index in [2.05, 4.69) is 19.1 Å². The van der Waals surface area contributed by atoms with Crippen LogP contribution >= 0.6 is 0 Å². The third-order valence-electron chi connectivity index (χ3n) is 1.94. The minimum Gasteiger partial charge on any atom is -0.234 e. The number of allylic oxidation sites excluding steroid dienone is 3. The van der Waals surface area contributed by atoms with Gasteiger partial charge in [0.1, 0.15) is 5.94 Å². The minimum absolute atomic E-state index is 0.881. The summed E-state index contributed by atoms with van der Waals surface area (Å²) in [6.07, 6.45) is 14.2. The normalized spacial score (nSPS) is 10.2. The summed E-state index contributed by atoms with van der Waals surface area (Å²) in [4.78, 5) is 9.82. The van der Waals surface area contributed by atoms with Gasteiger partial charge in [0.05, 0.1) is 0 Å². The number of hydrogen-bond donors (Lipinski definition) is 0. The Morgan fingerprint density at radius 3 is 2.23 bits per heavy atom. The number of hydrogen-bond acceptors (Lipinski definition) is 1. The fourth-order valence-electron chi connectivity index (χ4n) is 1.13. The lowest BCUT2D eigenvalue weighted by Crippen LogP contribution is -1.73. The Labute approximate surface area is 81.5 Å². The van der Waals surface area contributed by atoms with Gasteiger partial charge in [0.25, 0.3) is 0 Å². The molecule has 0 aromatic rings. The molecule has 1 nitrogen and oxygen atoms in total. The van der Waals surface area contributed by atoms with Gasteiger partial charge >= 0.3 is 0 Å². The highest BCUT2D eigenvalue weighted by molar-refractivity contribution is 5.44. The lowest BCUT2D eigenvalue weighted by Gasteiger charge is -1.92. The lowest BCUT2D eigenvalue weighted by atomic mass is 10.1. The topological polar surface area (TPSA) is 17.1 Å². The van der Waals surface area contributed by atoms with E-state index in [1.165, 1.54) is 25.7 Å². The first-order valence-corrected chi connectivity index (χ1v) is 5.26. The fraction of sp³-hybridized carbons (Fsp3) is 0.667. The van der Waals surface area contributed by atoms with Gasteiger partial charge in [0.2, 0.25) is 0 Å². The molecule has 0 atom stereocenters. The molecule has 0 rings (SSSR count). The van der Waals surface area contributed by atoms with Gasteiger partial charge in [-0.3, -0.25) is 0 Å². The maximum absolute atomic E-state index is 9.82. The van der Waals surface area contributed by atoms with Crippen molar-refractivity contribution in [1.82, 2.24) is 0 Å². The molecule has 0 aromatic carbocycles. The molecule has 0 aromatic heterocycles. The monoisotopic (exact) mass is 180 g/mol. The molecule has 0 aliphatic carbocycles. The third kappa shape index (κ3) is 11.2. The van der Waals surface area contributed by atoms with Crippen LogP contribution in [0.3, 0.4) is 0 Å².